The average Bonchev–Trinajstić information content (AvgIpc) is 2.66. The Balaban J connectivity index is 0.00000162. The first-order valence-electron chi connectivity index (χ1n) is 6.41. The van der Waals surface area contributed by atoms with Crippen LogP contribution in [-0.4, -0.2) is 0 Å². The van der Waals surface area contributed by atoms with Crippen molar-refractivity contribution in [2.75, 3.05) is 0 Å². The van der Waals surface area contributed by atoms with Gasteiger partial charge in [0.05, 0.1) is 0 Å². The largest absolute Gasteiger partial charge is 0.147 e. The topological polar surface area (TPSA) is 0 Å². The van der Waals surface area contributed by atoms with Gasteiger partial charge in [0.1, 0.15) is 0 Å². The van der Waals surface area contributed by atoms with Crippen LogP contribution in [0.5, 0.6) is 0 Å². The van der Waals surface area contributed by atoms with Crippen molar-refractivity contribution in [3.05, 3.63) is 40.1 Å². The average molecular weight is 466 g/mol. The SMILES string of the molecule is CC1=C(C)C(C)=[C]([Hf][C]2=C(C)C(C)=C(C)C2)C1.Cl.Cl. The van der Waals surface area contributed by atoms with E-state index in [1.807, 2.05) is 6.66 Å². The van der Waals surface area contributed by atoms with E-state index in [9.17, 15) is 0 Å². The first-order chi connectivity index (χ1) is 7.91. The van der Waals surface area contributed by atoms with Crippen LogP contribution in [0.15, 0.2) is 40.1 Å². The molecule has 0 saturated heterocycles. The molecule has 0 spiro atoms. The number of halogens is 2. The van der Waals surface area contributed by atoms with E-state index in [1.165, 1.54) is 12.8 Å². The minimum atomic E-state index is -0.733. The Morgan fingerprint density at radius 2 is 0.895 bits per heavy atom. The van der Waals surface area contributed by atoms with Crippen LogP contribution in [0.1, 0.15) is 54.4 Å². The molecular weight excluding hydrogens is 442 g/mol. The van der Waals surface area contributed by atoms with Crippen molar-refractivity contribution in [3.8, 4) is 0 Å². The molecule has 0 atom stereocenters. The van der Waals surface area contributed by atoms with Gasteiger partial charge in [-0.05, 0) is 0 Å². The van der Waals surface area contributed by atoms with Crippen molar-refractivity contribution < 1.29 is 22.9 Å². The molecule has 0 amide bonds. The molecular formula is C16H24Cl2Hf. The number of hydrogen-bond donors (Lipinski definition) is 0. The zero-order valence-corrected chi connectivity index (χ0v) is 18.0. The van der Waals surface area contributed by atoms with Crippen LogP contribution in [0, 0.1) is 0 Å². The van der Waals surface area contributed by atoms with E-state index in [2.05, 4.69) is 41.5 Å². The van der Waals surface area contributed by atoms with Crippen LogP contribution >= 0.6 is 24.8 Å². The van der Waals surface area contributed by atoms with Gasteiger partial charge in [0.25, 0.3) is 0 Å². The predicted molar refractivity (Wildman–Crippen MR) is 85.9 cm³/mol. The third kappa shape index (κ3) is 3.74. The van der Waals surface area contributed by atoms with Crippen LogP contribution in [0.4, 0.5) is 0 Å². The first kappa shape index (κ1) is 19.4. The second kappa shape index (κ2) is 7.43. The van der Waals surface area contributed by atoms with Crippen molar-refractivity contribution in [1.29, 1.82) is 0 Å². The van der Waals surface area contributed by atoms with Crippen molar-refractivity contribution >= 4 is 24.8 Å². The summed E-state index contributed by atoms with van der Waals surface area (Å²) in [5, 5.41) is 0. The van der Waals surface area contributed by atoms with Gasteiger partial charge in [0.15, 0.2) is 0 Å². The van der Waals surface area contributed by atoms with Crippen molar-refractivity contribution in [2.45, 2.75) is 54.4 Å². The molecule has 2 rings (SSSR count). The Kier molecular flexibility index (Phi) is 7.59. The second-order valence-electron chi connectivity index (χ2n) is 5.50. The molecule has 2 aliphatic carbocycles. The molecule has 0 aromatic heterocycles. The summed E-state index contributed by atoms with van der Waals surface area (Å²) in [6.07, 6.45) is 2.57. The molecule has 19 heavy (non-hydrogen) atoms. The van der Waals surface area contributed by atoms with Gasteiger partial charge >= 0.3 is 117 Å². The van der Waals surface area contributed by atoms with Gasteiger partial charge in [0, 0.05) is 0 Å². The summed E-state index contributed by atoms with van der Waals surface area (Å²) >= 11 is -0.733. The van der Waals surface area contributed by atoms with Crippen LogP contribution in [0.2, 0.25) is 0 Å². The Bertz CT molecular complexity index is 459. The maximum atomic E-state index is 2.34. The van der Waals surface area contributed by atoms with Gasteiger partial charge in [-0.3, -0.25) is 0 Å². The van der Waals surface area contributed by atoms with E-state index in [4.69, 9.17) is 0 Å². The third-order valence-corrected chi connectivity index (χ3v) is 10.6. The molecule has 0 aromatic rings. The zero-order chi connectivity index (χ0) is 12.7. The third-order valence-electron chi connectivity index (χ3n) is 4.50. The van der Waals surface area contributed by atoms with Crippen LogP contribution in [0.25, 0.3) is 0 Å². The zero-order valence-electron chi connectivity index (χ0n) is 12.7. The second-order valence-corrected chi connectivity index (χ2v) is 10.7. The van der Waals surface area contributed by atoms with E-state index in [0.717, 1.165) is 0 Å². The fraction of sp³-hybridized carbons (Fsp3) is 0.500. The normalized spacial score (nSPS) is 19.1. The maximum Gasteiger partial charge on any atom is -0.147 e. The molecule has 0 nitrogen and oxygen atoms in total. The summed E-state index contributed by atoms with van der Waals surface area (Å²) < 4.78 is 3.69. The quantitative estimate of drug-likeness (QED) is 0.443. The van der Waals surface area contributed by atoms with E-state index >= 15 is 0 Å². The van der Waals surface area contributed by atoms with Gasteiger partial charge in [-0.25, -0.2) is 0 Å². The fourth-order valence-corrected chi connectivity index (χ4v) is 9.16. The number of hydrogen-bond acceptors (Lipinski definition) is 0. The minimum absolute atomic E-state index is 0. The summed E-state index contributed by atoms with van der Waals surface area (Å²) in [5.41, 5.74) is 9.64. The summed E-state index contributed by atoms with van der Waals surface area (Å²) in [6, 6.07) is 0. The van der Waals surface area contributed by atoms with E-state index in [0.29, 0.717) is 0 Å². The molecule has 0 saturated carbocycles. The summed E-state index contributed by atoms with van der Waals surface area (Å²) in [5.74, 6) is 0. The molecule has 0 aliphatic heterocycles. The van der Waals surface area contributed by atoms with Crippen LogP contribution < -0.4 is 0 Å². The minimum Gasteiger partial charge on any atom is -0.147 e. The van der Waals surface area contributed by atoms with Crippen LogP contribution in [0.3, 0.4) is 0 Å². The van der Waals surface area contributed by atoms with Gasteiger partial charge in [-0.1, -0.05) is 0 Å². The smallest absolute Gasteiger partial charge is 0.147 e. The fourth-order valence-electron chi connectivity index (χ4n) is 2.61. The Morgan fingerprint density at radius 3 is 1.11 bits per heavy atom. The van der Waals surface area contributed by atoms with Gasteiger partial charge in [-0.15, -0.1) is 24.8 Å². The number of rotatable bonds is 2. The van der Waals surface area contributed by atoms with Crippen LogP contribution in [-0.2, 0) is 22.9 Å². The summed E-state index contributed by atoms with van der Waals surface area (Å²) in [6.45, 7) is 13.9. The Labute approximate surface area is 141 Å². The Morgan fingerprint density at radius 1 is 0.579 bits per heavy atom. The molecule has 0 radical (unpaired) electrons. The predicted octanol–water partition coefficient (Wildman–Crippen LogP) is 5.94. The molecule has 0 N–H and O–H groups in total. The summed E-state index contributed by atoms with van der Waals surface area (Å²) in [7, 11) is 0. The molecule has 0 unspecified atom stereocenters. The van der Waals surface area contributed by atoms with E-state index in [1.54, 1.807) is 33.4 Å². The van der Waals surface area contributed by atoms with Gasteiger partial charge in [-0.2, -0.15) is 0 Å². The van der Waals surface area contributed by atoms with E-state index < -0.39 is 22.9 Å². The molecule has 2 aliphatic rings. The molecule has 3 heteroatoms. The summed E-state index contributed by atoms with van der Waals surface area (Å²) in [4.78, 5) is 0. The van der Waals surface area contributed by atoms with Gasteiger partial charge in [0.2, 0.25) is 0 Å². The number of allylic oxidation sites excluding steroid dienone is 8. The van der Waals surface area contributed by atoms with Gasteiger partial charge < -0.3 is 0 Å². The monoisotopic (exact) mass is 466 g/mol. The molecule has 0 fully saturated rings. The molecule has 0 aromatic carbocycles. The Hall–Kier alpha value is 0.410. The standard InChI is InChI=1S/2C8H11.2ClH.Hf/c2*1-6-4-5-7(2)8(6)3;;;/h2*4H2,1-3H3;2*1H;. The van der Waals surface area contributed by atoms with Crippen molar-refractivity contribution in [3.63, 3.8) is 0 Å². The van der Waals surface area contributed by atoms with Crippen molar-refractivity contribution in [1.82, 2.24) is 0 Å². The van der Waals surface area contributed by atoms with E-state index in [-0.39, 0.29) is 24.8 Å². The molecule has 106 valence electrons. The first-order valence-corrected chi connectivity index (χ1v) is 10.0. The van der Waals surface area contributed by atoms with Crippen molar-refractivity contribution in [2.24, 2.45) is 0 Å². The molecule has 0 bridgehead atoms. The molecule has 0 heterocycles. The maximum absolute atomic E-state index is 2.34.